The molecular formula is C12H16O8. The van der Waals surface area contributed by atoms with Crippen molar-refractivity contribution in [3.05, 3.63) is 12.7 Å². The molecule has 0 aromatic carbocycles. The highest BCUT2D eigenvalue weighted by molar-refractivity contribution is 5.84. The van der Waals surface area contributed by atoms with Gasteiger partial charge in [-0.2, -0.15) is 0 Å². The maximum Gasteiger partial charge on any atom is 0.310 e. The van der Waals surface area contributed by atoms with E-state index in [1.54, 1.807) is 0 Å². The van der Waals surface area contributed by atoms with Crippen molar-refractivity contribution in [3.8, 4) is 0 Å². The van der Waals surface area contributed by atoms with Gasteiger partial charge in [0.1, 0.15) is 0 Å². The summed E-state index contributed by atoms with van der Waals surface area (Å²) >= 11 is 0. The Kier molecular flexibility index (Phi) is 6.98. The minimum Gasteiger partial charge on any atom is -0.481 e. The predicted octanol–water partition coefficient (Wildman–Crippen LogP) is 0.530. The summed E-state index contributed by atoms with van der Waals surface area (Å²) < 4.78 is 0. The van der Waals surface area contributed by atoms with Crippen LogP contribution < -0.4 is 0 Å². The van der Waals surface area contributed by atoms with Crippen LogP contribution in [0.1, 0.15) is 19.3 Å². The molecule has 0 aliphatic rings. The van der Waals surface area contributed by atoms with Gasteiger partial charge in [0.25, 0.3) is 0 Å². The molecule has 4 N–H and O–H groups in total. The van der Waals surface area contributed by atoms with Crippen LogP contribution in [-0.4, -0.2) is 44.3 Å². The minimum atomic E-state index is -1.61. The van der Waals surface area contributed by atoms with E-state index in [2.05, 4.69) is 6.58 Å². The van der Waals surface area contributed by atoms with E-state index in [9.17, 15) is 19.2 Å². The first-order chi connectivity index (χ1) is 9.20. The van der Waals surface area contributed by atoms with Crippen LogP contribution >= 0.6 is 0 Å². The van der Waals surface area contributed by atoms with Crippen LogP contribution in [0.2, 0.25) is 0 Å². The van der Waals surface area contributed by atoms with Crippen molar-refractivity contribution in [2.75, 3.05) is 0 Å². The fraction of sp³-hybridized carbons (Fsp3) is 0.500. The Labute approximate surface area is 114 Å². The highest BCUT2D eigenvalue weighted by Gasteiger charge is 2.35. The van der Waals surface area contributed by atoms with Gasteiger partial charge in [0.15, 0.2) is 0 Å². The van der Waals surface area contributed by atoms with E-state index in [0.29, 0.717) is 0 Å². The smallest absolute Gasteiger partial charge is 0.310 e. The second kappa shape index (κ2) is 7.93. The molecule has 3 unspecified atom stereocenters. The molecule has 0 fully saturated rings. The van der Waals surface area contributed by atoms with Crippen LogP contribution in [0.4, 0.5) is 0 Å². The van der Waals surface area contributed by atoms with E-state index in [1.807, 2.05) is 0 Å². The SMILES string of the molecule is C=CC(CCC(C(=O)O)C(CC(=O)O)C(=O)O)C(=O)O. The van der Waals surface area contributed by atoms with Gasteiger partial charge in [-0.05, 0) is 12.8 Å². The number of carboxylic acids is 4. The number of rotatable bonds is 10. The quantitative estimate of drug-likeness (QED) is 0.425. The van der Waals surface area contributed by atoms with Crippen molar-refractivity contribution in [2.45, 2.75) is 19.3 Å². The lowest BCUT2D eigenvalue weighted by molar-refractivity contribution is -0.157. The van der Waals surface area contributed by atoms with Gasteiger partial charge in [-0.15, -0.1) is 6.58 Å². The zero-order chi connectivity index (χ0) is 15.9. The Bertz CT molecular complexity index is 414. The van der Waals surface area contributed by atoms with Crippen molar-refractivity contribution in [3.63, 3.8) is 0 Å². The number of aliphatic carboxylic acids is 4. The van der Waals surface area contributed by atoms with Crippen LogP contribution in [0.15, 0.2) is 12.7 Å². The standard InChI is InChI=1S/C12H16O8/c1-2-6(10(15)16)3-4-7(11(17)18)8(12(19)20)5-9(13)14/h2,6-8H,1,3-5H2,(H,13,14)(H,15,16)(H,17,18)(H,19,20). The maximum absolute atomic E-state index is 11.1. The molecule has 0 rings (SSSR count). The molecule has 0 radical (unpaired) electrons. The van der Waals surface area contributed by atoms with Crippen molar-refractivity contribution < 1.29 is 39.6 Å². The molecule has 0 aromatic rings. The summed E-state index contributed by atoms with van der Waals surface area (Å²) in [6, 6.07) is 0. The summed E-state index contributed by atoms with van der Waals surface area (Å²) in [5, 5.41) is 35.3. The van der Waals surface area contributed by atoms with Gasteiger partial charge in [-0.3, -0.25) is 19.2 Å². The van der Waals surface area contributed by atoms with E-state index >= 15 is 0 Å². The average Bonchev–Trinajstić information content (AvgIpc) is 2.31. The largest absolute Gasteiger partial charge is 0.481 e. The van der Waals surface area contributed by atoms with Gasteiger partial charge in [0, 0.05) is 0 Å². The first-order valence-electron chi connectivity index (χ1n) is 5.73. The third kappa shape index (κ3) is 5.51. The van der Waals surface area contributed by atoms with E-state index in [4.69, 9.17) is 20.4 Å². The average molecular weight is 288 g/mol. The van der Waals surface area contributed by atoms with Gasteiger partial charge in [0.05, 0.1) is 24.2 Å². The monoisotopic (exact) mass is 288 g/mol. The van der Waals surface area contributed by atoms with E-state index in [0.717, 1.165) is 6.08 Å². The van der Waals surface area contributed by atoms with Crippen molar-refractivity contribution in [2.24, 2.45) is 17.8 Å². The third-order valence-electron chi connectivity index (χ3n) is 2.91. The molecule has 0 bridgehead atoms. The molecule has 112 valence electrons. The first-order valence-corrected chi connectivity index (χ1v) is 5.73. The fourth-order valence-corrected chi connectivity index (χ4v) is 1.79. The fourth-order valence-electron chi connectivity index (χ4n) is 1.79. The zero-order valence-electron chi connectivity index (χ0n) is 10.6. The molecule has 0 aliphatic carbocycles. The Hall–Kier alpha value is -2.38. The van der Waals surface area contributed by atoms with Crippen LogP contribution in [0.5, 0.6) is 0 Å². The third-order valence-corrected chi connectivity index (χ3v) is 2.91. The van der Waals surface area contributed by atoms with E-state index in [-0.39, 0.29) is 12.8 Å². The molecule has 0 spiro atoms. The summed E-state index contributed by atoms with van der Waals surface area (Å²) in [6.45, 7) is 3.29. The molecule has 0 aromatic heterocycles. The lowest BCUT2D eigenvalue weighted by Crippen LogP contribution is -2.32. The Balaban J connectivity index is 4.97. The van der Waals surface area contributed by atoms with E-state index in [1.165, 1.54) is 0 Å². The van der Waals surface area contributed by atoms with Crippen LogP contribution in [-0.2, 0) is 19.2 Å². The summed E-state index contributed by atoms with van der Waals surface area (Å²) in [4.78, 5) is 43.4. The molecule has 0 heterocycles. The molecule has 8 nitrogen and oxygen atoms in total. The molecule has 0 aliphatic heterocycles. The lowest BCUT2D eigenvalue weighted by atomic mass is 9.84. The number of carbonyl (C=O) groups is 4. The molecule has 0 amide bonds. The number of carboxylic acid groups (broad SMARTS) is 4. The number of hydrogen-bond donors (Lipinski definition) is 4. The summed E-state index contributed by atoms with van der Waals surface area (Å²) in [7, 11) is 0. The van der Waals surface area contributed by atoms with Crippen molar-refractivity contribution >= 4 is 23.9 Å². The second-order valence-electron chi connectivity index (χ2n) is 4.25. The van der Waals surface area contributed by atoms with Crippen molar-refractivity contribution in [1.29, 1.82) is 0 Å². The van der Waals surface area contributed by atoms with Gasteiger partial charge < -0.3 is 20.4 Å². The minimum absolute atomic E-state index is 0.126. The lowest BCUT2D eigenvalue weighted by Gasteiger charge is -2.19. The molecule has 0 saturated carbocycles. The molecular weight excluding hydrogens is 272 g/mol. The first kappa shape index (κ1) is 17.6. The molecule has 3 atom stereocenters. The van der Waals surface area contributed by atoms with Crippen LogP contribution in [0, 0.1) is 17.8 Å². The number of hydrogen-bond acceptors (Lipinski definition) is 4. The van der Waals surface area contributed by atoms with Crippen LogP contribution in [0.3, 0.4) is 0 Å². The van der Waals surface area contributed by atoms with Gasteiger partial charge in [-0.25, -0.2) is 0 Å². The summed E-state index contributed by atoms with van der Waals surface area (Å²) in [5.74, 6) is -9.71. The second-order valence-corrected chi connectivity index (χ2v) is 4.25. The Morgan fingerprint density at radius 2 is 1.35 bits per heavy atom. The van der Waals surface area contributed by atoms with E-state index < -0.39 is 48.1 Å². The van der Waals surface area contributed by atoms with Gasteiger partial charge >= 0.3 is 23.9 Å². The van der Waals surface area contributed by atoms with Gasteiger partial charge in [0.2, 0.25) is 0 Å². The molecule has 20 heavy (non-hydrogen) atoms. The maximum atomic E-state index is 11.1. The zero-order valence-corrected chi connectivity index (χ0v) is 10.6. The predicted molar refractivity (Wildman–Crippen MR) is 65.1 cm³/mol. The van der Waals surface area contributed by atoms with Gasteiger partial charge in [-0.1, -0.05) is 6.08 Å². The highest BCUT2D eigenvalue weighted by Crippen LogP contribution is 2.25. The van der Waals surface area contributed by atoms with Crippen LogP contribution in [0.25, 0.3) is 0 Å². The topological polar surface area (TPSA) is 149 Å². The Morgan fingerprint density at radius 1 is 0.850 bits per heavy atom. The normalized spacial score (nSPS) is 14.8. The van der Waals surface area contributed by atoms with Crippen molar-refractivity contribution in [1.82, 2.24) is 0 Å². The summed E-state index contributed by atoms with van der Waals surface area (Å²) in [6.07, 6.45) is -0.103. The Morgan fingerprint density at radius 3 is 1.65 bits per heavy atom. The summed E-state index contributed by atoms with van der Waals surface area (Å²) in [5.41, 5.74) is 0. The highest BCUT2D eigenvalue weighted by atomic mass is 16.4. The molecule has 8 heteroatoms. The molecule has 0 saturated heterocycles.